The van der Waals surface area contributed by atoms with E-state index in [0.717, 1.165) is 12.0 Å². The van der Waals surface area contributed by atoms with Gasteiger partial charge in [-0.25, -0.2) is 0 Å². The Labute approximate surface area is 138 Å². The van der Waals surface area contributed by atoms with Gasteiger partial charge in [-0.2, -0.15) is 0 Å². The summed E-state index contributed by atoms with van der Waals surface area (Å²) in [5.41, 5.74) is 9.29. The van der Waals surface area contributed by atoms with Gasteiger partial charge in [0.25, 0.3) is 0 Å². The van der Waals surface area contributed by atoms with Crippen molar-refractivity contribution in [3.8, 4) is 11.1 Å². The molecule has 2 aromatic carbocycles. The summed E-state index contributed by atoms with van der Waals surface area (Å²) >= 11 is 0. The Balaban J connectivity index is 1.88. The van der Waals surface area contributed by atoms with Crippen molar-refractivity contribution in [1.29, 1.82) is 0 Å². The highest BCUT2D eigenvalue weighted by Crippen LogP contribution is 2.38. The van der Waals surface area contributed by atoms with Crippen LogP contribution in [0.4, 0.5) is 0 Å². The van der Waals surface area contributed by atoms with E-state index in [2.05, 4.69) is 51.1 Å². The zero-order valence-electron chi connectivity index (χ0n) is 14.3. The van der Waals surface area contributed by atoms with Gasteiger partial charge in [0.2, 0.25) is 0 Å². The molecule has 1 aliphatic rings. The molecule has 1 heterocycles. The zero-order valence-corrected chi connectivity index (χ0v) is 14.3. The molecule has 0 fully saturated rings. The van der Waals surface area contributed by atoms with Crippen molar-refractivity contribution >= 4 is 11.0 Å². The van der Waals surface area contributed by atoms with E-state index >= 15 is 0 Å². The first-order valence-corrected chi connectivity index (χ1v) is 8.78. The predicted octanol–water partition coefficient (Wildman–Crippen LogP) is 6.41. The molecule has 0 saturated heterocycles. The lowest BCUT2D eigenvalue weighted by atomic mass is 9.87. The molecule has 1 heteroatoms. The summed E-state index contributed by atoms with van der Waals surface area (Å²) in [4.78, 5) is 0. The van der Waals surface area contributed by atoms with Crippen LogP contribution in [-0.2, 0) is 12.8 Å². The largest absolute Gasteiger partial charge is 0.463 e. The molecule has 0 N–H and O–H groups in total. The maximum absolute atomic E-state index is 6.06. The molecule has 118 valence electrons. The van der Waals surface area contributed by atoms with E-state index in [0.29, 0.717) is 5.92 Å². The Morgan fingerprint density at radius 3 is 2.48 bits per heavy atom. The molecule has 1 nitrogen and oxygen atoms in total. The summed E-state index contributed by atoms with van der Waals surface area (Å²) in [7, 11) is 0. The Morgan fingerprint density at radius 2 is 1.74 bits per heavy atom. The summed E-state index contributed by atoms with van der Waals surface area (Å²) in [6.07, 6.45) is 6.90. The first kappa shape index (κ1) is 14.6. The highest BCUT2D eigenvalue weighted by molar-refractivity contribution is 5.98. The van der Waals surface area contributed by atoms with Crippen LogP contribution in [0.2, 0.25) is 0 Å². The topological polar surface area (TPSA) is 13.1 Å². The molecular weight excluding hydrogens is 280 g/mol. The molecule has 1 aliphatic carbocycles. The molecule has 0 spiro atoms. The van der Waals surface area contributed by atoms with E-state index in [1.54, 1.807) is 0 Å². The molecule has 0 bridgehead atoms. The minimum Gasteiger partial charge on any atom is -0.463 e. The number of fused-ring (bicyclic) bond motifs is 3. The van der Waals surface area contributed by atoms with Crippen molar-refractivity contribution in [1.82, 2.24) is 0 Å². The van der Waals surface area contributed by atoms with Crippen LogP contribution in [-0.4, -0.2) is 0 Å². The molecule has 0 aliphatic heterocycles. The number of rotatable bonds is 2. The summed E-state index contributed by atoms with van der Waals surface area (Å²) in [5, 5.41) is 1.31. The van der Waals surface area contributed by atoms with E-state index in [9.17, 15) is 0 Å². The minimum atomic E-state index is 0.568. The molecule has 0 unspecified atom stereocenters. The van der Waals surface area contributed by atoms with Crippen molar-refractivity contribution in [2.45, 2.75) is 52.4 Å². The molecule has 23 heavy (non-hydrogen) atoms. The van der Waals surface area contributed by atoms with Crippen molar-refractivity contribution in [3.05, 3.63) is 58.8 Å². The van der Waals surface area contributed by atoms with Crippen molar-refractivity contribution in [2.75, 3.05) is 0 Å². The fourth-order valence-corrected chi connectivity index (χ4v) is 3.91. The normalized spacial score (nSPS) is 14.4. The summed E-state index contributed by atoms with van der Waals surface area (Å²) in [6, 6.07) is 11.3. The highest BCUT2D eigenvalue weighted by atomic mass is 16.3. The molecule has 4 rings (SSSR count). The van der Waals surface area contributed by atoms with E-state index in [1.807, 2.05) is 6.26 Å². The molecular formula is C22H24O. The van der Waals surface area contributed by atoms with Gasteiger partial charge in [0.15, 0.2) is 0 Å². The van der Waals surface area contributed by atoms with E-state index in [1.165, 1.54) is 58.0 Å². The van der Waals surface area contributed by atoms with Gasteiger partial charge >= 0.3 is 0 Å². The average molecular weight is 304 g/mol. The van der Waals surface area contributed by atoms with E-state index in [-0.39, 0.29) is 0 Å². The maximum atomic E-state index is 6.06. The number of furan rings is 1. The molecule has 0 amide bonds. The minimum absolute atomic E-state index is 0.568. The van der Waals surface area contributed by atoms with Crippen LogP contribution in [0.15, 0.2) is 41.0 Å². The lowest BCUT2D eigenvalue weighted by Gasteiger charge is -2.17. The predicted molar refractivity (Wildman–Crippen MR) is 97.1 cm³/mol. The second kappa shape index (κ2) is 5.56. The monoisotopic (exact) mass is 304 g/mol. The van der Waals surface area contributed by atoms with Gasteiger partial charge in [-0.3, -0.25) is 0 Å². The number of benzene rings is 2. The van der Waals surface area contributed by atoms with Crippen molar-refractivity contribution < 1.29 is 4.42 Å². The Bertz CT molecular complexity index is 850. The van der Waals surface area contributed by atoms with Crippen LogP contribution >= 0.6 is 0 Å². The average Bonchev–Trinajstić information content (AvgIpc) is 3.01. The Hall–Kier alpha value is -2.02. The third-order valence-corrected chi connectivity index (χ3v) is 5.25. The van der Waals surface area contributed by atoms with Crippen molar-refractivity contribution in [2.24, 2.45) is 0 Å². The van der Waals surface area contributed by atoms with Crippen LogP contribution in [0.1, 0.15) is 54.9 Å². The SMILES string of the molecule is Cc1cc2c(c3occ(-c4ccc(C(C)C)cc4)c13)CCCC2. The third-order valence-electron chi connectivity index (χ3n) is 5.25. The van der Waals surface area contributed by atoms with Gasteiger partial charge in [0.1, 0.15) is 5.58 Å². The Morgan fingerprint density at radius 1 is 1.00 bits per heavy atom. The van der Waals surface area contributed by atoms with Gasteiger partial charge in [-0.1, -0.05) is 44.2 Å². The van der Waals surface area contributed by atoms with E-state index in [4.69, 9.17) is 4.42 Å². The van der Waals surface area contributed by atoms with Gasteiger partial charge in [-0.15, -0.1) is 0 Å². The maximum Gasteiger partial charge on any atom is 0.138 e. The molecule has 1 aromatic heterocycles. The molecule has 0 radical (unpaired) electrons. The Kier molecular flexibility index (Phi) is 3.52. The van der Waals surface area contributed by atoms with Gasteiger partial charge in [-0.05, 0) is 66.3 Å². The third kappa shape index (κ3) is 2.39. The summed E-state index contributed by atoms with van der Waals surface area (Å²) in [6.45, 7) is 6.69. The summed E-state index contributed by atoms with van der Waals surface area (Å²) in [5.74, 6) is 0.568. The second-order valence-electron chi connectivity index (χ2n) is 7.17. The standard InChI is InChI=1S/C22H24O/c1-14(2)16-8-10-17(11-9-16)20-13-23-22-19-7-5-4-6-18(19)12-15(3)21(20)22/h8-14H,4-7H2,1-3H3. The van der Waals surface area contributed by atoms with Gasteiger partial charge in [0, 0.05) is 10.9 Å². The number of hydrogen-bond acceptors (Lipinski definition) is 1. The van der Waals surface area contributed by atoms with Crippen LogP contribution in [0, 0.1) is 6.92 Å². The second-order valence-corrected chi connectivity index (χ2v) is 7.17. The number of aryl methyl sites for hydroxylation is 3. The fourth-order valence-electron chi connectivity index (χ4n) is 3.91. The van der Waals surface area contributed by atoms with Crippen molar-refractivity contribution in [3.63, 3.8) is 0 Å². The first-order valence-electron chi connectivity index (χ1n) is 8.78. The highest BCUT2D eigenvalue weighted by Gasteiger charge is 2.19. The molecule has 0 atom stereocenters. The number of hydrogen-bond donors (Lipinski definition) is 0. The zero-order chi connectivity index (χ0) is 16.0. The van der Waals surface area contributed by atoms with E-state index < -0.39 is 0 Å². The molecule has 0 saturated carbocycles. The van der Waals surface area contributed by atoms with Gasteiger partial charge < -0.3 is 4.42 Å². The molecule has 3 aromatic rings. The van der Waals surface area contributed by atoms with Crippen LogP contribution in [0.3, 0.4) is 0 Å². The van der Waals surface area contributed by atoms with Gasteiger partial charge in [0.05, 0.1) is 6.26 Å². The lowest BCUT2D eigenvalue weighted by molar-refractivity contribution is 0.600. The summed E-state index contributed by atoms with van der Waals surface area (Å²) < 4.78 is 6.06. The lowest BCUT2D eigenvalue weighted by Crippen LogP contribution is -2.03. The quantitative estimate of drug-likeness (QED) is 0.533. The fraction of sp³-hybridized carbons (Fsp3) is 0.364. The van der Waals surface area contributed by atoms with Crippen LogP contribution in [0.5, 0.6) is 0 Å². The first-order chi connectivity index (χ1) is 11.1. The van der Waals surface area contributed by atoms with Crippen LogP contribution < -0.4 is 0 Å². The smallest absolute Gasteiger partial charge is 0.138 e. The van der Waals surface area contributed by atoms with Crippen LogP contribution in [0.25, 0.3) is 22.1 Å².